The summed E-state index contributed by atoms with van der Waals surface area (Å²) in [4.78, 5) is 41.6. The average Bonchev–Trinajstić information content (AvgIpc) is 3.13. The molecule has 0 bridgehead atoms. The van der Waals surface area contributed by atoms with Gasteiger partial charge in [-0.2, -0.15) is 0 Å². The summed E-state index contributed by atoms with van der Waals surface area (Å²) in [5, 5.41) is 3.58. The number of esters is 1. The van der Waals surface area contributed by atoms with E-state index in [0.717, 1.165) is 5.56 Å². The van der Waals surface area contributed by atoms with Crippen LogP contribution < -0.4 is 10.2 Å². The molecular weight excluding hydrogens is 529 g/mol. The van der Waals surface area contributed by atoms with Crippen LogP contribution in [0.3, 0.4) is 0 Å². The second-order valence-corrected chi connectivity index (χ2v) is 9.37. The minimum absolute atomic E-state index is 0.158. The molecule has 2 amide bonds. The number of hydrogen-bond acceptors (Lipinski definition) is 5. The maximum atomic E-state index is 13.6. The molecule has 0 saturated carbocycles. The standard InChI is InChI=1S/C28H25ClFN3O4S/c1-2-37-27(36)19-5-13-23(14-6-19)33-26(35)24(17-25(34)31-22-11-9-21(30)10-12-22)32(28(33)38)16-15-18-3-7-20(29)8-4-18/h3-14,24H,2,15-17H2,1H3,(H,31,34). The van der Waals surface area contributed by atoms with Gasteiger partial charge in [-0.15, -0.1) is 0 Å². The van der Waals surface area contributed by atoms with Gasteiger partial charge < -0.3 is 15.0 Å². The second kappa shape index (κ2) is 12.1. The normalized spacial score (nSPS) is 15.1. The molecule has 0 spiro atoms. The summed E-state index contributed by atoms with van der Waals surface area (Å²) >= 11 is 11.7. The summed E-state index contributed by atoms with van der Waals surface area (Å²) in [6.45, 7) is 2.36. The number of amides is 2. The molecule has 1 heterocycles. The summed E-state index contributed by atoms with van der Waals surface area (Å²) in [5.41, 5.74) is 2.24. The fourth-order valence-corrected chi connectivity index (χ4v) is 4.65. The highest BCUT2D eigenvalue weighted by atomic mass is 35.5. The monoisotopic (exact) mass is 553 g/mol. The van der Waals surface area contributed by atoms with Crippen molar-refractivity contribution < 1.29 is 23.5 Å². The lowest BCUT2D eigenvalue weighted by Crippen LogP contribution is -2.39. The van der Waals surface area contributed by atoms with Gasteiger partial charge in [0.15, 0.2) is 5.11 Å². The molecule has 1 fully saturated rings. The van der Waals surface area contributed by atoms with Crippen LogP contribution in [0.15, 0.2) is 72.8 Å². The van der Waals surface area contributed by atoms with E-state index in [4.69, 9.17) is 28.6 Å². The maximum absolute atomic E-state index is 13.6. The average molecular weight is 554 g/mol. The van der Waals surface area contributed by atoms with E-state index in [9.17, 15) is 18.8 Å². The van der Waals surface area contributed by atoms with Crippen molar-refractivity contribution in [2.24, 2.45) is 0 Å². The molecule has 10 heteroatoms. The summed E-state index contributed by atoms with van der Waals surface area (Å²) < 4.78 is 18.3. The molecule has 1 aliphatic heterocycles. The van der Waals surface area contributed by atoms with Crippen LogP contribution in [-0.2, 0) is 20.7 Å². The number of anilines is 2. The first-order valence-corrected chi connectivity index (χ1v) is 12.8. The smallest absolute Gasteiger partial charge is 0.338 e. The molecule has 1 unspecified atom stereocenters. The molecule has 0 aliphatic carbocycles. The zero-order valence-electron chi connectivity index (χ0n) is 20.5. The van der Waals surface area contributed by atoms with Crippen LogP contribution >= 0.6 is 23.8 Å². The van der Waals surface area contributed by atoms with Gasteiger partial charge in [-0.25, -0.2) is 9.18 Å². The predicted octanol–water partition coefficient (Wildman–Crippen LogP) is 5.23. The maximum Gasteiger partial charge on any atom is 0.338 e. The Morgan fingerprint density at radius 3 is 2.32 bits per heavy atom. The number of halogens is 2. The number of ether oxygens (including phenoxy) is 1. The fraction of sp³-hybridized carbons (Fsp3) is 0.214. The van der Waals surface area contributed by atoms with Gasteiger partial charge in [0.2, 0.25) is 5.91 Å². The van der Waals surface area contributed by atoms with Gasteiger partial charge in [0.05, 0.1) is 24.3 Å². The Kier molecular flexibility index (Phi) is 8.70. The van der Waals surface area contributed by atoms with Crippen LogP contribution in [0, 0.1) is 5.82 Å². The van der Waals surface area contributed by atoms with Crippen LogP contribution in [0.25, 0.3) is 0 Å². The van der Waals surface area contributed by atoms with Crippen molar-refractivity contribution in [1.82, 2.24) is 4.90 Å². The Bertz CT molecular complexity index is 1330. The molecule has 3 aromatic rings. The highest BCUT2D eigenvalue weighted by Crippen LogP contribution is 2.28. The lowest BCUT2D eigenvalue weighted by Gasteiger charge is -2.24. The minimum atomic E-state index is -0.847. The summed E-state index contributed by atoms with van der Waals surface area (Å²) in [6, 6.07) is 18.3. The topological polar surface area (TPSA) is 78.9 Å². The SMILES string of the molecule is CCOC(=O)c1ccc(N2C(=O)C(CC(=O)Nc3ccc(F)cc3)N(CCc3ccc(Cl)cc3)C2=S)cc1. The third kappa shape index (κ3) is 6.35. The van der Waals surface area contributed by atoms with Crippen molar-refractivity contribution >= 4 is 58.1 Å². The van der Waals surface area contributed by atoms with Gasteiger partial charge in [-0.1, -0.05) is 23.7 Å². The van der Waals surface area contributed by atoms with Crippen molar-refractivity contribution in [3.05, 3.63) is 94.8 Å². The quantitative estimate of drug-likeness (QED) is 0.289. The highest BCUT2D eigenvalue weighted by Gasteiger charge is 2.44. The van der Waals surface area contributed by atoms with Gasteiger partial charge in [-0.3, -0.25) is 14.5 Å². The molecule has 196 valence electrons. The van der Waals surface area contributed by atoms with Crippen LogP contribution in [0.1, 0.15) is 29.3 Å². The van der Waals surface area contributed by atoms with Crippen LogP contribution in [-0.4, -0.2) is 47.0 Å². The molecule has 38 heavy (non-hydrogen) atoms. The largest absolute Gasteiger partial charge is 0.462 e. The van der Waals surface area contributed by atoms with E-state index in [1.165, 1.54) is 29.2 Å². The van der Waals surface area contributed by atoms with Crippen molar-refractivity contribution in [2.75, 3.05) is 23.4 Å². The van der Waals surface area contributed by atoms with Crippen molar-refractivity contribution in [3.8, 4) is 0 Å². The van der Waals surface area contributed by atoms with E-state index in [1.54, 1.807) is 48.2 Å². The first-order valence-electron chi connectivity index (χ1n) is 12.0. The lowest BCUT2D eigenvalue weighted by atomic mass is 10.1. The van der Waals surface area contributed by atoms with Crippen LogP contribution in [0.2, 0.25) is 5.02 Å². The molecule has 4 rings (SSSR count). The number of nitrogens with one attached hydrogen (secondary N) is 1. The van der Waals surface area contributed by atoms with E-state index in [2.05, 4.69) is 5.32 Å². The number of carbonyl (C=O) groups excluding carboxylic acids is 3. The zero-order chi connectivity index (χ0) is 27.2. The number of carbonyl (C=O) groups is 3. The molecular formula is C28H25ClFN3O4S. The van der Waals surface area contributed by atoms with Gasteiger partial charge >= 0.3 is 5.97 Å². The Balaban J connectivity index is 1.55. The van der Waals surface area contributed by atoms with Crippen LogP contribution in [0.5, 0.6) is 0 Å². The van der Waals surface area contributed by atoms with Crippen molar-refractivity contribution in [2.45, 2.75) is 25.8 Å². The first-order chi connectivity index (χ1) is 18.3. The first kappa shape index (κ1) is 27.2. The van der Waals surface area contributed by atoms with Gasteiger partial charge in [-0.05, 0) is 91.8 Å². The molecule has 0 aromatic heterocycles. The Hall–Kier alpha value is -3.82. The number of hydrogen-bond donors (Lipinski definition) is 1. The van der Waals surface area contributed by atoms with E-state index < -0.39 is 23.7 Å². The molecule has 3 aromatic carbocycles. The third-order valence-electron chi connectivity index (χ3n) is 6.02. The molecule has 1 atom stereocenters. The van der Waals surface area contributed by atoms with E-state index in [0.29, 0.717) is 34.9 Å². The number of rotatable bonds is 9. The summed E-state index contributed by atoms with van der Waals surface area (Å²) in [5.74, 6) is -1.65. The number of benzene rings is 3. The second-order valence-electron chi connectivity index (χ2n) is 8.57. The van der Waals surface area contributed by atoms with E-state index in [-0.39, 0.29) is 24.0 Å². The number of thiocarbonyl (C=S) groups is 1. The van der Waals surface area contributed by atoms with Gasteiger partial charge in [0, 0.05) is 17.3 Å². The van der Waals surface area contributed by atoms with E-state index in [1.807, 2.05) is 12.1 Å². The Morgan fingerprint density at radius 2 is 1.68 bits per heavy atom. The molecule has 7 nitrogen and oxygen atoms in total. The molecule has 1 saturated heterocycles. The molecule has 1 N–H and O–H groups in total. The summed E-state index contributed by atoms with van der Waals surface area (Å²) in [6.07, 6.45) is 0.407. The number of nitrogens with zero attached hydrogens (tertiary/aromatic N) is 2. The fourth-order valence-electron chi connectivity index (χ4n) is 4.11. The van der Waals surface area contributed by atoms with Gasteiger partial charge in [0.25, 0.3) is 5.91 Å². The van der Waals surface area contributed by atoms with Gasteiger partial charge in [0.1, 0.15) is 11.9 Å². The van der Waals surface area contributed by atoms with Crippen molar-refractivity contribution in [1.29, 1.82) is 0 Å². The predicted molar refractivity (Wildman–Crippen MR) is 148 cm³/mol. The Morgan fingerprint density at radius 1 is 1.03 bits per heavy atom. The van der Waals surface area contributed by atoms with Crippen LogP contribution in [0.4, 0.5) is 15.8 Å². The third-order valence-corrected chi connectivity index (χ3v) is 6.69. The molecule has 1 aliphatic rings. The molecule has 0 radical (unpaired) electrons. The zero-order valence-corrected chi connectivity index (χ0v) is 22.1. The lowest BCUT2D eigenvalue weighted by molar-refractivity contribution is -0.124. The minimum Gasteiger partial charge on any atom is -0.462 e. The Labute approximate surface area is 230 Å². The highest BCUT2D eigenvalue weighted by molar-refractivity contribution is 7.80. The van der Waals surface area contributed by atoms with Crippen molar-refractivity contribution in [3.63, 3.8) is 0 Å². The summed E-state index contributed by atoms with van der Waals surface area (Å²) in [7, 11) is 0. The van der Waals surface area contributed by atoms with E-state index >= 15 is 0 Å².